The molecule has 0 radical (unpaired) electrons. The number of fused-ring (bicyclic) bond motifs is 1. The first-order valence-electron chi connectivity index (χ1n) is 6.58. The van der Waals surface area contributed by atoms with Crippen LogP contribution in [0.5, 0.6) is 0 Å². The van der Waals surface area contributed by atoms with Gasteiger partial charge in [-0.25, -0.2) is 14.1 Å². The molecule has 0 aliphatic carbocycles. The fraction of sp³-hybridized carbons (Fsp3) is 0.214. The van der Waals surface area contributed by atoms with Crippen LogP contribution in [0.4, 0.5) is 4.39 Å². The van der Waals surface area contributed by atoms with Gasteiger partial charge in [0.25, 0.3) is 5.95 Å². The molecule has 5 nitrogen and oxygen atoms in total. The fourth-order valence-electron chi connectivity index (χ4n) is 2.66. The molecule has 4 rings (SSSR count). The molecule has 2 atom stereocenters. The molecule has 7 heteroatoms. The maximum atomic E-state index is 14.2. The van der Waals surface area contributed by atoms with Gasteiger partial charge in [0.15, 0.2) is 12.0 Å². The monoisotopic (exact) mass is 303 g/mol. The third-order valence-corrected chi connectivity index (χ3v) is 3.93. The molecule has 21 heavy (non-hydrogen) atoms. The van der Waals surface area contributed by atoms with Gasteiger partial charge in [-0.1, -0.05) is 30.3 Å². The lowest BCUT2D eigenvalue weighted by Gasteiger charge is -2.11. The highest BCUT2D eigenvalue weighted by atomic mass is 35.5. The van der Waals surface area contributed by atoms with Gasteiger partial charge in [-0.15, -0.1) is 5.10 Å². The van der Waals surface area contributed by atoms with E-state index in [-0.39, 0.29) is 11.3 Å². The molecule has 0 fully saturated rings. The summed E-state index contributed by atoms with van der Waals surface area (Å²) in [6, 6.07) is 9.61. The average Bonchev–Trinajstić information content (AvgIpc) is 3.17. The summed E-state index contributed by atoms with van der Waals surface area (Å²) < 4.78 is 17.4. The summed E-state index contributed by atoms with van der Waals surface area (Å²) >= 11 is 5.96. The number of nitrogens with zero attached hydrogens (tertiary/aromatic N) is 5. The number of hydrogen-bond donors (Lipinski definition) is 0. The molecule has 1 unspecified atom stereocenters. The van der Waals surface area contributed by atoms with Gasteiger partial charge in [-0.05, 0) is 17.2 Å². The highest BCUT2D eigenvalue weighted by Gasteiger charge is 2.35. The minimum absolute atomic E-state index is 0.139. The summed E-state index contributed by atoms with van der Waals surface area (Å²) in [6.45, 7) is 0. The van der Waals surface area contributed by atoms with Gasteiger partial charge in [0, 0.05) is 18.8 Å². The van der Waals surface area contributed by atoms with Crippen molar-refractivity contribution in [2.75, 3.05) is 0 Å². The first-order valence-corrected chi connectivity index (χ1v) is 6.96. The molecule has 2 aromatic heterocycles. The number of imidazole rings is 1. The molecule has 3 heterocycles. The zero-order chi connectivity index (χ0) is 14.4. The molecule has 1 aliphatic heterocycles. The zero-order valence-corrected chi connectivity index (χ0v) is 11.7. The van der Waals surface area contributed by atoms with E-state index in [0.29, 0.717) is 18.2 Å². The fourth-order valence-corrected chi connectivity index (χ4v) is 2.85. The molecule has 0 amide bonds. The molecular formula is C14H11ClFN5. The largest absolute Gasteiger partial charge is 0.257 e. The van der Waals surface area contributed by atoms with Crippen LogP contribution in [-0.2, 0) is 0 Å². The van der Waals surface area contributed by atoms with Crippen molar-refractivity contribution >= 4 is 11.6 Å². The van der Waals surface area contributed by atoms with Gasteiger partial charge in [-0.3, -0.25) is 4.57 Å². The van der Waals surface area contributed by atoms with Crippen molar-refractivity contribution in [3.05, 3.63) is 59.4 Å². The minimum atomic E-state index is -1.13. The maximum absolute atomic E-state index is 14.2. The maximum Gasteiger partial charge on any atom is 0.255 e. The lowest BCUT2D eigenvalue weighted by Crippen LogP contribution is -2.08. The summed E-state index contributed by atoms with van der Waals surface area (Å²) in [5, 5.41) is 4.66. The first-order chi connectivity index (χ1) is 10.2. The quantitative estimate of drug-likeness (QED) is 0.731. The normalized spacial score (nSPS) is 20.7. The summed E-state index contributed by atoms with van der Waals surface area (Å²) in [7, 11) is 0. The second-order valence-electron chi connectivity index (χ2n) is 4.91. The zero-order valence-electron chi connectivity index (χ0n) is 10.9. The van der Waals surface area contributed by atoms with Crippen LogP contribution < -0.4 is 0 Å². The second kappa shape index (κ2) is 4.66. The third kappa shape index (κ3) is 1.94. The summed E-state index contributed by atoms with van der Waals surface area (Å²) in [4.78, 5) is 8.18. The highest BCUT2D eigenvalue weighted by Crippen LogP contribution is 2.39. The van der Waals surface area contributed by atoms with E-state index in [0.717, 1.165) is 5.56 Å². The van der Waals surface area contributed by atoms with Gasteiger partial charge < -0.3 is 0 Å². The van der Waals surface area contributed by atoms with Crippen LogP contribution in [0, 0.1) is 0 Å². The molecule has 0 saturated carbocycles. The summed E-state index contributed by atoms with van der Waals surface area (Å²) in [5.41, 5.74) is 1.02. The van der Waals surface area contributed by atoms with Crippen LogP contribution in [0.15, 0.2) is 42.7 Å². The van der Waals surface area contributed by atoms with Crippen molar-refractivity contribution in [1.29, 1.82) is 0 Å². The van der Waals surface area contributed by atoms with E-state index in [9.17, 15) is 4.39 Å². The average molecular weight is 304 g/mol. The smallest absolute Gasteiger partial charge is 0.255 e. The van der Waals surface area contributed by atoms with Crippen molar-refractivity contribution in [1.82, 2.24) is 24.3 Å². The molecular weight excluding hydrogens is 293 g/mol. The minimum Gasteiger partial charge on any atom is -0.257 e. The highest BCUT2D eigenvalue weighted by molar-refractivity contribution is 6.28. The van der Waals surface area contributed by atoms with Gasteiger partial charge in [0.2, 0.25) is 5.28 Å². The SMILES string of the molecule is FC1C[C@@H](c2ccccc2)n2nc(-n3ccnc3Cl)nc21. The number of halogens is 2. The predicted octanol–water partition coefficient (Wildman–Crippen LogP) is 3.12. The van der Waals surface area contributed by atoms with E-state index >= 15 is 0 Å². The number of aromatic nitrogens is 5. The number of alkyl halides is 1. The van der Waals surface area contributed by atoms with Crippen LogP contribution >= 0.6 is 11.6 Å². The van der Waals surface area contributed by atoms with Crippen molar-refractivity contribution in [3.8, 4) is 5.95 Å². The standard InChI is InChI=1S/C14H11ClFN5/c15-13-17-6-7-20(13)14-18-12-10(16)8-11(21(12)19-14)9-4-2-1-3-5-9/h1-7,10-11H,8H2/t10?,11-/m0/s1. The van der Waals surface area contributed by atoms with E-state index in [1.165, 1.54) is 4.57 Å². The Hall–Kier alpha value is -2.21. The number of benzene rings is 1. The predicted molar refractivity (Wildman–Crippen MR) is 75.2 cm³/mol. The molecule has 1 aromatic carbocycles. The molecule has 0 bridgehead atoms. The van der Waals surface area contributed by atoms with Crippen molar-refractivity contribution in [3.63, 3.8) is 0 Å². The Morgan fingerprint density at radius 1 is 1.24 bits per heavy atom. The van der Waals surface area contributed by atoms with Crippen molar-refractivity contribution < 1.29 is 4.39 Å². The Morgan fingerprint density at radius 3 is 2.76 bits per heavy atom. The number of rotatable bonds is 2. The van der Waals surface area contributed by atoms with Gasteiger partial charge in [-0.2, -0.15) is 4.98 Å². The van der Waals surface area contributed by atoms with E-state index in [1.807, 2.05) is 30.3 Å². The van der Waals surface area contributed by atoms with E-state index in [2.05, 4.69) is 15.1 Å². The lowest BCUT2D eigenvalue weighted by atomic mass is 10.0. The Kier molecular flexibility index (Phi) is 2.78. The van der Waals surface area contributed by atoms with Crippen LogP contribution in [0.2, 0.25) is 5.28 Å². The summed E-state index contributed by atoms with van der Waals surface area (Å²) in [5.74, 6) is 0.680. The second-order valence-corrected chi connectivity index (χ2v) is 5.25. The molecule has 1 aliphatic rings. The van der Waals surface area contributed by atoms with Gasteiger partial charge in [0.1, 0.15) is 0 Å². The third-order valence-electron chi connectivity index (χ3n) is 3.65. The summed E-state index contributed by atoms with van der Waals surface area (Å²) in [6.07, 6.45) is 2.43. The molecule has 106 valence electrons. The van der Waals surface area contributed by atoms with E-state index in [1.54, 1.807) is 17.1 Å². The van der Waals surface area contributed by atoms with Gasteiger partial charge in [0.05, 0.1) is 6.04 Å². The Labute approximate surface area is 125 Å². The Balaban J connectivity index is 1.80. The lowest BCUT2D eigenvalue weighted by molar-refractivity contribution is 0.328. The van der Waals surface area contributed by atoms with Crippen molar-refractivity contribution in [2.45, 2.75) is 18.6 Å². The van der Waals surface area contributed by atoms with Gasteiger partial charge >= 0.3 is 0 Å². The molecule has 0 saturated heterocycles. The van der Waals surface area contributed by atoms with Crippen LogP contribution in [0.25, 0.3) is 5.95 Å². The molecule has 3 aromatic rings. The Morgan fingerprint density at radius 2 is 2.05 bits per heavy atom. The van der Waals surface area contributed by atoms with Crippen molar-refractivity contribution in [2.24, 2.45) is 0 Å². The van der Waals surface area contributed by atoms with Crippen LogP contribution in [0.1, 0.15) is 30.0 Å². The topological polar surface area (TPSA) is 48.5 Å². The van der Waals surface area contributed by atoms with Crippen LogP contribution in [0.3, 0.4) is 0 Å². The van der Waals surface area contributed by atoms with E-state index in [4.69, 9.17) is 11.6 Å². The van der Waals surface area contributed by atoms with E-state index < -0.39 is 6.17 Å². The molecule has 0 spiro atoms. The van der Waals surface area contributed by atoms with Crippen LogP contribution in [-0.4, -0.2) is 24.3 Å². The number of hydrogen-bond acceptors (Lipinski definition) is 3. The molecule has 0 N–H and O–H groups in total. The first kappa shape index (κ1) is 12.5. The Bertz CT molecular complexity index is 782.